The maximum Gasteiger partial charge on any atom is 0.264 e. The van der Waals surface area contributed by atoms with Gasteiger partial charge in [-0.1, -0.05) is 12.1 Å². The number of amides is 2. The summed E-state index contributed by atoms with van der Waals surface area (Å²) in [7, 11) is 0. The molecule has 6 heteroatoms. The van der Waals surface area contributed by atoms with Gasteiger partial charge in [0, 0.05) is 5.69 Å². The summed E-state index contributed by atoms with van der Waals surface area (Å²) < 4.78 is 0.658. The zero-order valence-electron chi connectivity index (χ0n) is 10.3. The fourth-order valence-electron chi connectivity index (χ4n) is 2.20. The minimum atomic E-state index is -0.370. The maximum atomic E-state index is 12.3. The van der Waals surface area contributed by atoms with Gasteiger partial charge in [0.25, 0.3) is 11.8 Å². The second-order valence-corrected chi connectivity index (χ2v) is 5.23. The number of pyridine rings is 1. The first-order chi connectivity index (χ1) is 9.58. The quantitative estimate of drug-likeness (QED) is 0.520. The average molecular weight is 332 g/mol. The van der Waals surface area contributed by atoms with E-state index in [-0.39, 0.29) is 23.9 Å². The summed E-state index contributed by atoms with van der Waals surface area (Å²) in [5.74, 6) is -0.705. The Hall–Kier alpha value is -2.21. The molecule has 0 aliphatic carbocycles. The third-order valence-corrected chi connectivity index (χ3v) is 3.57. The van der Waals surface area contributed by atoms with Crippen LogP contribution >= 0.6 is 15.9 Å². The molecule has 0 spiro atoms. The van der Waals surface area contributed by atoms with E-state index in [2.05, 4.69) is 20.9 Å². The molecule has 2 heterocycles. The first-order valence-corrected chi connectivity index (χ1v) is 6.73. The van der Waals surface area contributed by atoms with E-state index in [1.54, 1.807) is 36.4 Å². The Morgan fingerprint density at radius 2 is 1.85 bits per heavy atom. The minimum absolute atomic E-state index is 0.130. The summed E-state index contributed by atoms with van der Waals surface area (Å²) in [4.78, 5) is 30.0. The molecule has 0 atom stereocenters. The summed E-state index contributed by atoms with van der Waals surface area (Å²) in [6.45, 7) is 0.130. The predicted molar refractivity (Wildman–Crippen MR) is 77.0 cm³/mol. The van der Waals surface area contributed by atoms with Crippen LogP contribution in [0.5, 0.6) is 0 Å². The number of imide groups is 1. The van der Waals surface area contributed by atoms with Crippen LogP contribution in [0.1, 0.15) is 26.4 Å². The molecule has 5 nitrogen and oxygen atoms in total. The first kappa shape index (κ1) is 12.8. The minimum Gasteiger partial charge on any atom is -0.398 e. The number of aromatic nitrogens is 1. The topological polar surface area (TPSA) is 76.3 Å². The molecular formula is C14H10BrN3O2. The lowest BCUT2D eigenvalue weighted by Crippen LogP contribution is -2.29. The van der Waals surface area contributed by atoms with Crippen molar-refractivity contribution in [3.63, 3.8) is 0 Å². The normalized spacial score (nSPS) is 13.8. The fraction of sp³-hybridized carbons (Fsp3) is 0.0714. The summed E-state index contributed by atoms with van der Waals surface area (Å²) in [5, 5.41) is 0. The zero-order chi connectivity index (χ0) is 14.3. The molecule has 0 saturated heterocycles. The van der Waals surface area contributed by atoms with Crippen molar-refractivity contribution in [1.82, 2.24) is 9.88 Å². The Bertz CT molecular complexity index is 730. The number of anilines is 1. The molecule has 2 aromatic rings. The number of rotatable bonds is 2. The number of hydrogen-bond acceptors (Lipinski definition) is 4. The molecule has 0 radical (unpaired) electrons. The fourth-order valence-corrected chi connectivity index (χ4v) is 2.58. The van der Waals surface area contributed by atoms with E-state index in [9.17, 15) is 9.59 Å². The van der Waals surface area contributed by atoms with Gasteiger partial charge in [0.15, 0.2) is 0 Å². The van der Waals surface area contributed by atoms with Gasteiger partial charge >= 0.3 is 0 Å². The third-order valence-electron chi connectivity index (χ3n) is 3.12. The number of hydrogen-bond donors (Lipinski definition) is 1. The van der Waals surface area contributed by atoms with Gasteiger partial charge < -0.3 is 5.73 Å². The standard InChI is InChI=1S/C14H10BrN3O2/c15-11-6-1-3-8(17-11)7-18-13(19)9-4-2-5-10(16)12(9)14(18)20/h1-6H,7,16H2. The highest BCUT2D eigenvalue weighted by Crippen LogP contribution is 2.28. The number of fused-ring (bicyclic) bond motifs is 1. The summed E-state index contributed by atoms with van der Waals surface area (Å²) in [6.07, 6.45) is 0. The highest BCUT2D eigenvalue weighted by molar-refractivity contribution is 9.10. The molecule has 1 aromatic heterocycles. The van der Waals surface area contributed by atoms with Gasteiger partial charge in [0.2, 0.25) is 0 Å². The van der Waals surface area contributed by atoms with Crippen molar-refractivity contribution in [3.05, 3.63) is 57.8 Å². The van der Waals surface area contributed by atoms with Crippen LogP contribution in [-0.4, -0.2) is 21.7 Å². The van der Waals surface area contributed by atoms with Gasteiger partial charge in [0.05, 0.1) is 23.4 Å². The highest BCUT2D eigenvalue weighted by atomic mass is 79.9. The van der Waals surface area contributed by atoms with E-state index in [0.29, 0.717) is 21.5 Å². The molecule has 0 unspecified atom stereocenters. The Morgan fingerprint density at radius 1 is 1.10 bits per heavy atom. The molecule has 2 N–H and O–H groups in total. The van der Waals surface area contributed by atoms with Crippen LogP contribution in [0, 0.1) is 0 Å². The van der Waals surface area contributed by atoms with Crippen molar-refractivity contribution >= 4 is 33.4 Å². The lowest BCUT2D eigenvalue weighted by atomic mass is 10.1. The first-order valence-electron chi connectivity index (χ1n) is 5.94. The van der Waals surface area contributed by atoms with Gasteiger partial charge in [0.1, 0.15) is 4.60 Å². The number of halogens is 1. The Kier molecular flexibility index (Phi) is 3.02. The molecule has 0 fully saturated rings. The second kappa shape index (κ2) is 4.72. The van der Waals surface area contributed by atoms with Crippen molar-refractivity contribution in [2.45, 2.75) is 6.54 Å². The van der Waals surface area contributed by atoms with E-state index >= 15 is 0 Å². The van der Waals surface area contributed by atoms with Crippen LogP contribution in [0.3, 0.4) is 0 Å². The second-order valence-electron chi connectivity index (χ2n) is 4.42. The molecule has 3 rings (SSSR count). The zero-order valence-corrected chi connectivity index (χ0v) is 11.9. The smallest absolute Gasteiger partial charge is 0.264 e. The van der Waals surface area contributed by atoms with Crippen LogP contribution in [0.2, 0.25) is 0 Å². The van der Waals surface area contributed by atoms with Crippen LogP contribution in [0.4, 0.5) is 5.69 Å². The highest BCUT2D eigenvalue weighted by Gasteiger charge is 2.37. The van der Waals surface area contributed by atoms with Crippen LogP contribution < -0.4 is 5.73 Å². The number of carbonyl (C=O) groups excluding carboxylic acids is 2. The molecule has 0 saturated carbocycles. The van der Waals surface area contributed by atoms with Crippen LogP contribution in [0.15, 0.2) is 41.0 Å². The Labute approximate surface area is 123 Å². The predicted octanol–water partition coefficient (Wildman–Crippen LogP) is 2.22. The number of nitrogen functional groups attached to an aromatic ring is 1. The van der Waals surface area contributed by atoms with Crippen molar-refractivity contribution in [2.24, 2.45) is 0 Å². The lowest BCUT2D eigenvalue weighted by molar-refractivity contribution is 0.0640. The Morgan fingerprint density at radius 3 is 2.55 bits per heavy atom. The number of carbonyl (C=O) groups is 2. The molecule has 1 aliphatic heterocycles. The van der Waals surface area contributed by atoms with E-state index in [1.165, 1.54) is 0 Å². The van der Waals surface area contributed by atoms with Gasteiger partial charge in [-0.15, -0.1) is 0 Å². The molecule has 1 aliphatic rings. The molecule has 2 amide bonds. The van der Waals surface area contributed by atoms with Crippen LogP contribution in [-0.2, 0) is 6.54 Å². The van der Waals surface area contributed by atoms with E-state index in [4.69, 9.17) is 5.73 Å². The SMILES string of the molecule is Nc1cccc2c1C(=O)N(Cc1cccc(Br)n1)C2=O. The van der Waals surface area contributed by atoms with Crippen molar-refractivity contribution < 1.29 is 9.59 Å². The van der Waals surface area contributed by atoms with Gasteiger partial charge in [-0.05, 0) is 40.2 Å². The summed E-state index contributed by atoms with van der Waals surface area (Å²) in [6, 6.07) is 10.2. The average Bonchev–Trinajstić information content (AvgIpc) is 2.65. The van der Waals surface area contributed by atoms with Gasteiger partial charge in [-0.3, -0.25) is 14.5 Å². The van der Waals surface area contributed by atoms with E-state index in [1.807, 2.05) is 0 Å². The van der Waals surface area contributed by atoms with Crippen LogP contribution in [0.25, 0.3) is 0 Å². The number of benzene rings is 1. The van der Waals surface area contributed by atoms with Gasteiger partial charge in [-0.2, -0.15) is 0 Å². The number of nitrogens with zero attached hydrogens (tertiary/aromatic N) is 2. The molecule has 0 bridgehead atoms. The molecule has 100 valence electrons. The third kappa shape index (κ3) is 1.98. The van der Waals surface area contributed by atoms with E-state index in [0.717, 1.165) is 4.90 Å². The van der Waals surface area contributed by atoms with Gasteiger partial charge in [-0.25, -0.2) is 4.98 Å². The number of nitrogens with two attached hydrogens (primary N) is 1. The van der Waals surface area contributed by atoms with Crippen molar-refractivity contribution in [3.8, 4) is 0 Å². The summed E-state index contributed by atoms with van der Waals surface area (Å²) in [5.41, 5.74) is 7.37. The van der Waals surface area contributed by atoms with E-state index < -0.39 is 0 Å². The molecular weight excluding hydrogens is 322 g/mol. The monoisotopic (exact) mass is 331 g/mol. The van der Waals surface area contributed by atoms with Crippen molar-refractivity contribution in [2.75, 3.05) is 5.73 Å². The molecule has 20 heavy (non-hydrogen) atoms. The van der Waals surface area contributed by atoms with Crippen molar-refractivity contribution in [1.29, 1.82) is 0 Å². The summed E-state index contributed by atoms with van der Waals surface area (Å²) >= 11 is 3.26. The maximum absolute atomic E-state index is 12.3. The largest absolute Gasteiger partial charge is 0.398 e. The Balaban J connectivity index is 1.96. The molecule has 1 aromatic carbocycles. The lowest BCUT2D eigenvalue weighted by Gasteiger charge is -2.13.